The summed E-state index contributed by atoms with van der Waals surface area (Å²) in [5, 5.41) is 0.557. The number of nitrogen functional groups attached to an aromatic ring is 1. The van der Waals surface area contributed by atoms with Crippen LogP contribution in [0.15, 0.2) is 0 Å². The number of hydrogen-bond acceptors (Lipinski definition) is 4. The van der Waals surface area contributed by atoms with Crippen LogP contribution in [0.3, 0.4) is 0 Å². The summed E-state index contributed by atoms with van der Waals surface area (Å²) in [6, 6.07) is 0. The van der Waals surface area contributed by atoms with E-state index >= 15 is 0 Å². The zero-order valence-corrected chi connectivity index (χ0v) is 8.83. The van der Waals surface area contributed by atoms with Gasteiger partial charge in [0.25, 0.3) is 0 Å². The zero-order chi connectivity index (χ0) is 10.0. The Kier molecular flexibility index (Phi) is 2.93. The number of nitrogens with two attached hydrogens (primary N) is 1. The van der Waals surface area contributed by atoms with Crippen molar-refractivity contribution in [1.29, 1.82) is 0 Å². The van der Waals surface area contributed by atoms with E-state index in [2.05, 4.69) is 4.74 Å². The summed E-state index contributed by atoms with van der Waals surface area (Å²) < 4.78 is 4.64. The number of anilines is 1. The molecule has 3 nitrogen and oxygen atoms in total. The van der Waals surface area contributed by atoms with Gasteiger partial charge in [-0.15, -0.1) is 11.3 Å². The lowest BCUT2D eigenvalue weighted by Crippen LogP contribution is -2.04. The summed E-state index contributed by atoms with van der Waals surface area (Å²) in [5.41, 5.74) is 7.20. The van der Waals surface area contributed by atoms with E-state index in [1.165, 1.54) is 18.4 Å². The fourth-order valence-corrected chi connectivity index (χ4v) is 2.28. The Bertz CT molecular complexity index is 331. The molecule has 0 atom stereocenters. The van der Waals surface area contributed by atoms with Crippen LogP contribution in [0, 0.1) is 6.92 Å². The lowest BCUT2D eigenvalue weighted by Gasteiger charge is -1.99. The lowest BCUT2D eigenvalue weighted by molar-refractivity contribution is 0.0601. The molecule has 0 radical (unpaired) electrons. The summed E-state index contributed by atoms with van der Waals surface area (Å²) in [6.45, 7) is 3.94. The molecule has 13 heavy (non-hydrogen) atoms. The Labute approximate surface area is 81.5 Å². The molecular formula is C9H13NO2S. The van der Waals surface area contributed by atoms with Gasteiger partial charge in [0.2, 0.25) is 0 Å². The molecule has 1 aromatic heterocycles. The minimum Gasteiger partial charge on any atom is -0.465 e. The van der Waals surface area contributed by atoms with Crippen molar-refractivity contribution in [3.8, 4) is 0 Å². The molecule has 2 N–H and O–H groups in total. The summed E-state index contributed by atoms with van der Waals surface area (Å²) in [6.07, 6.45) is 0.900. The third-order valence-corrected chi connectivity index (χ3v) is 3.25. The topological polar surface area (TPSA) is 52.3 Å². The molecule has 1 aromatic rings. The van der Waals surface area contributed by atoms with Gasteiger partial charge in [-0.05, 0) is 18.9 Å². The molecule has 0 bridgehead atoms. The highest BCUT2D eigenvalue weighted by atomic mass is 32.1. The number of carbonyl (C=O) groups is 1. The minimum atomic E-state index is -0.342. The number of thiophene rings is 1. The average molecular weight is 199 g/mol. The first-order valence-electron chi connectivity index (χ1n) is 4.07. The molecule has 0 unspecified atom stereocenters. The monoisotopic (exact) mass is 199 g/mol. The predicted molar refractivity (Wildman–Crippen MR) is 54.2 cm³/mol. The largest absolute Gasteiger partial charge is 0.465 e. The van der Waals surface area contributed by atoms with Gasteiger partial charge in [0.15, 0.2) is 0 Å². The van der Waals surface area contributed by atoms with Gasteiger partial charge in [0, 0.05) is 4.88 Å². The molecule has 0 aliphatic carbocycles. The summed E-state index contributed by atoms with van der Waals surface area (Å²) in [4.78, 5) is 12.4. The summed E-state index contributed by atoms with van der Waals surface area (Å²) >= 11 is 1.46. The van der Waals surface area contributed by atoms with Gasteiger partial charge in [-0.1, -0.05) is 6.92 Å². The normalized spacial score (nSPS) is 10.1. The highest BCUT2D eigenvalue weighted by Crippen LogP contribution is 2.31. The number of ether oxygens (including phenoxy) is 1. The van der Waals surface area contributed by atoms with Gasteiger partial charge >= 0.3 is 5.97 Å². The van der Waals surface area contributed by atoms with Gasteiger partial charge in [0.05, 0.1) is 12.7 Å². The molecule has 0 aliphatic heterocycles. The van der Waals surface area contributed by atoms with Crippen molar-refractivity contribution < 1.29 is 9.53 Å². The molecule has 4 heteroatoms. The Morgan fingerprint density at radius 1 is 1.62 bits per heavy atom. The Morgan fingerprint density at radius 2 is 2.23 bits per heavy atom. The van der Waals surface area contributed by atoms with Crippen LogP contribution < -0.4 is 5.73 Å². The van der Waals surface area contributed by atoms with Crippen molar-refractivity contribution in [2.45, 2.75) is 20.3 Å². The van der Waals surface area contributed by atoms with Gasteiger partial charge < -0.3 is 10.5 Å². The average Bonchev–Trinajstić information content (AvgIpc) is 2.40. The van der Waals surface area contributed by atoms with Crippen molar-refractivity contribution in [2.24, 2.45) is 0 Å². The van der Waals surface area contributed by atoms with Crippen molar-refractivity contribution in [2.75, 3.05) is 12.8 Å². The first-order chi connectivity index (χ1) is 6.11. The third-order valence-electron chi connectivity index (χ3n) is 1.98. The Balaban J connectivity index is 3.20. The van der Waals surface area contributed by atoms with Crippen LogP contribution in [-0.2, 0) is 11.2 Å². The molecule has 72 valence electrons. The molecule has 0 saturated carbocycles. The number of methoxy groups -OCH3 is 1. The lowest BCUT2D eigenvalue weighted by atomic mass is 10.1. The van der Waals surface area contributed by atoms with Gasteiger partial charge in [-0.25, -0.2) is 4.79 Å². The fourth-order valence-electron chi connectivity index (χ4n) is 1.28. The standard InChI is InChI=1S/C9H13NO2S/c1-4-6-5(2)7(8(10)13-6)9(11)12-3/h4,10H2,1-3H3. The third kappa shape index (κ3) is 1.67. The molecule has 0 fully saturated rings. The molecule has 1 heterocycles. The minimum absolute atomic E-state index is 0.342. The number of hydrogen-bond donors (Lipinski definition) is 1. The smallest absolute Gasteiger partial charge is 0.341 e. The second-order valence-electron chi connectivity index (χ2n) is 2.73. The van der Waals surface area contributed by atoms with Crippen molar-refractivity contribution >= 4 is 22.3 Å². The van der Waals surface area contributed by atoms with Gasteiger partial charge in [-0.3, -0.25) is 0 Å². The quantitative estimate of drug-likeness (QED) is 0.741. The Hall–Kier alpha value is -1.03. The molecule has 0 spiro atoms. The van der Waals surface area contributed by atoms with Crippen molar-refractivity contribution in [3.63, 3.8) is 0 Å². The number of rotatable bonds is 2. The molecule has 0 aromatic carbocycles. The SMILES string of the molecule is CCc1sc(N)c(C(=O)OC)c1C. The van der Waals surface area contributed by atoms with E-state index in [0.29, 0.717) is 10.6 Å². The van der Waals surface area contributed by atoms with Crippen LogP contribution in [-0.4, -0.2) is 13.1 Å². The summed E-state index contributed by atoms with van der Waals surface area (Å²) in [7, 11) is 1.37. The first kappa shape index (κ1) is 10.1. The second-order valence-corrected chi connectivity index (χ2v) is 3.87. The maximum Gasteiger partial charge on any atom is 0.341 e. The maximum atomic E-state index is 11.3. The van der Waals surface area contributed by atoms with E-state index in [-0.39, 0.29) is 5.97 Å². The Morgan fingerprint density at radius 3 is 2.62 bits per heavy atom. The van der Waals surface area contributed by atoms with Crippen molar-refractivity contribution in [3.05, 3.63) is 16.0 Å². The predicted octanol–water partition coefficient (Wildman–Crippen LogP) is 1.99. The van der Waals surface area contributed by atoms with Gasteiger partial charge in [-0.2, -0.15) is 0 Å². The molecule has 1 rings (SSSR count). The van der Waals surface area contributed by atoms with E-state index in [1.807, 2.05) is 13.8 Å². The van der Waals surface area contributed by atoms with E-state index < -0.39 is 0 Å². The zero-order valence-electron chi connectivity index (χ0n) is 8.01. The first-order valence-corrected chi connectivity index (χ1v) is 4.89. The fraction of sp³-hybridized carbons (Fsp3) is 0.444. The number of carbonyl (C=O) groups excluding carboxylic acids is 1. The van der Waals surface area contributed by atoms with E-state index in [1.54, 1.807) is 0 Å². The highest BCUT2D eigenvalue weighted by molar-refractivity contribution is 7.16. The van der Waals surface area contributed by atoms with E-state index in [0.717, 1.165) is 16.9 Å². The second kappa shape index (κ2) is 3.79. The molecular weight excluding hydrogens is 186 g/mol. The van der Waals surface area contributed by atoms with Gasteiger partial charge in [0.1, 0.15) is 5.00 Å². The van der Waals surface area contributed by atoms with Crippen LogP contribution in [0.4, 0.5) is 5.00 Å². The van der Waals surface area contributed by atoms with Crippen LogP contribution in [0.1, 0.15) is 27.7 Å². The number of aryl methyl sites for hydroxylation is 1. The van der Waals surface area contributed by atoms with Crippen LogP contribution in [0.25, 0.3) is 0 Å². The van der Waals surface area contributed by atoms with Crippen LogP contribution in [0.2, 0.25) is 0 Å². The summed E-state index contributed by atoms with van der Waals surface area (Å²) in [5.74, 6) is -0.342. The van der Waals surface area contributed by atoms with E-state index in [4.69, 9.17) is 5.73 Å². The van der Waals surface area contributed by atoms with Crippen LogP contribution in [0.5, 0.6) is 0 Å². The van der Waals surface area contributed by atoms with Crippen molar-refractivity contribution in [1.82, 2.24) is 0 Å². The van der Waals surface area contributed by atoms with E-state index in [9.17, 15) is 4.79 Å². The number of esters is 1. The van der Waals surface area contributed by atoms with Crippen LogP contribution >= 0.6 is 11.3 Å². The molecule has 0 aliphatic rings. The maximum absolute atomic E-state index is 11.3. The highest BCUT2D eigenvalue weighted by Gasteiger charge is 2.18. The molecule has 0 amide bonds. The molecule has 0 saturated heterocycles.